The first-order valence-corrected chi connectivity index (χ1v) is 8.95. The molecule has 1 saturated heterocycles. The number of amides is 2. The fourth-order valence-corrected chi connectivity index (χ4v) is 3.05. The molecule has 0 atom stereocenters. The molecule has 1 heterocycles. The number of hydrogen-bond donors (Lipinski definition) is 0. The van der Waals surface area contributed by atoms with Crippen molar-refractivity contribution in [3.05, 3.63) is 65.7 Å². The van der Waals surface area contributed by atoms with Gasteiger partial charge >= 0.3 is 0 Å². The van der Waals surface area contributed by atoms with Crippen molar-refractivity contribution in [2.45, 2.75) is 13.3 Å². The Morgan fingerprint density at radius 1 is 0.923 bits per heavy atom. The normalized spacial score (nSPS) is 14.2. The number of carbonyl (C=O) groups excluding carboxylic acids is 2. The molecule has 1 aliphatic rings. The highest BCUT2D eigenvalue weighted by atomic mass is 16.5. The van der Waals surface area contributed by atoms with E-state index in [1.807, 2.05) is 71.3 Å². The van der Waals surface area contributed by atoms with E-state index in [9.17, 15) is 9.59 Å². The summed E-state index contributed by atoms with van der Waals surface area (Å²) in [5, 5.41) is 0. The molecule has 5 heteroatoms. The Hall–Kier alpha value is -2.82. The lowest BCUT2D eigenvalue weighted by atomic mass is 10.1. The second-order valence-corrected chi connectivity index (χ2v) is 6.45. The third kappa shape index (κ3) is 4.63. The lowest BCUT2D eigenvalue weighted by Gasteiger charge is -2.35. The molecule has 0 radical (unpaired) electrons. The summed E-state index contributed by atoms with van der Waals surface area (Å²) in [6.07, 6.45) is 0.348. The average Bonchev–Trinajstić information content (AvgIpc) is 2.68. The molecule has 2 amide bonds. The molecule has 0 unspecified atom stereocenters. The molecule has 2 aromatic carbocycles. The van der Waals surface area contributed by atoms with Gasteiger partial charge < -0.3 is 14.5 Å². The third-order valence-corrected chi connectivity index (χ3v) is 4.51. The van der Waals surface area contributed by atoms with Crippen molar-refractivity contribution in [2.24, 2.45) is 0 Å². The van der Waals surface area contributed by atoms with Crippen LogP contribution in [0.15, 0.2) is 54.6 Å². The lowest BCUT2D eigenvalue weighted by molar-refractivity contribution is -0.133. The zero-order valence-electron chi connectivity index (χ0n) is 15.1. The van der Waals surface area contributed by atoms with Crippen LogP contribution >= 0.6 is 0 Å². The minimum atomic E-state index is 0.0354. The molecule has 0 N–H and O–H groups in total. The van der Waals surface area contributed by atoms with Gasteiger partial charge in [0.1, 0.15) is 5.75 Å². The number of ether oxygens (including phenoxy) is 1. The summed E-state index contributed by atoms with van der Waals surface area (Å²) < 4.78 is 5.58. The summed E-state index contributed by atoms with van der Waals surface area (Å²) in [5.41, 5.74) is 1.78. The minimum Gasteiger partial charge on any atom is -0.493 e. The maximum Gasteiger partial charge on any atom is 0.253 e. The average molecular weight is 352 g/mol. The first-order valence-electron chi connectivity index (χ1n) is 8.95. The lowest BCUT2D eigenvalue weighted by Crippen LogP contribution is -2.50. The van der Waals surface area contributed by atoms with Crippen LogP contribution in [0.5, 0.6) is 5.75 Å². The summed E-state index contributed by atoms with van der Waals surface area (Å²) in [5.74, 6) is 0.880. The fourth-order valence-electron chi connectivity index (χ4n) is 3.05. The Balaban J connectivity index is 1.44. The number of piperazine rings is 1. The number of aryl methyl sites for hydroxylation is 1. The monoisotopic (exact) mass is 352 g/mol. The highest BCUT2D eigenvalue weighted by Crippen LogP contribution is 2.12. The van der Waals surface area contributed by atoms with E-state index in [4.69, 9.17) is 4.74 Å². The number of hydrogen-bond acceptors (Lipinski definition) is 3. The summed E-state index contributed by atoms with van der Waals surface area (Å²) in [6.45, 7) is 4.62. The van der Waals surface area contributed by atoms with Crippen molar-refractivity contribution < 1.29 is 14.3 Å². The summed E-state index contributed by atoms with van der Waals surface area (Å²) in [7, 11) is 0. The number of nitrogens with zero attached hydrogens (tertiary/aromatic N) is 2. The zero-order chi connectivity index (χ0) is 18.4. The van der Waals surface area contributed by atoms with Gasteiger partial charge in [0.25, 0.3) is 5.91 Å². The molecule has 0 bridgehead atoms. The molecule has 1 aliphatic heterocycles. The molecule has 26 heavy (non-hydrogen) atoms. The van der Waals surface area contributed by atoms with Crippen LogP contribution in [0.1, 0.15) is 22.3 Å². The molecular weight excluding hydrogens is 328 g/mol. The van der Waals surface area contributed by atoms with E-state index in [-0.39, 0.29) is 11.8 Å². The molecule has 0 aromatic heterocycles. The topological polar surface area (TPSA) is 49.9 Å². The van der Waals surface area contributed by atoms with Gasteiger partial charge in [-0.15, -0.1) is 0 Å². The Bertz CT molecular complexity index is 753. The molecule has 1 fully saturated rings. The van der Waals surface area contributed by atoms with E-state index < -0.39 is 0 Å². The van der Waals surface area contributed by atoms with Crippen LogP contribution in [0.2, 0.25) is 0 Å². The summed E-state index contributed by atoms with van der Waals surface area (Å²) >= 11 is 0. The summed E-state index contributed by atoms with van der Waals surface area (Å²) in [6, 6.07) is 17.1. The van der Waals surface area contributed by atoms with Gasteiger partial charge in [-0.1, -0.05) is 35.9 Å². The van der Waals surface area contributed by atoms with Gasteiger partial charge in [-0.25, -0.2) is 0 Å². The van der Waals surface area contributed by atoms with Gasteiger partial charge in [-0.3, -0.25) is 9.59 Å². The van der Waals surface area contributed by atoms with Crippen LogP contribution in [0, 0.1) is 6.92 Å². The van der Waals surface area contributed by atoms with E-state index in [0.717, 1.165) is 11.3 Å². The van der Waals surface area contributed by atoms with Crippen LogP contribution in [-0.2, 0) is 4.79 Å². The minimum absolute atomic E-state index is 0.0354. The van der Waals surface area contributed by atoms with E-state index in [2.05, 4.69) is 0 Å². The second-order valence-electron chi connectivity index (χ2n) is 6.45. The zero-order valence-corrected chi connectivity index (χ0v) is 15.1. The Morgan fingerprint density at radius 3 is 2.31 bits per heavy atom. The first-order chi connectivity index (χ1) is 12.6. The fraction of sp³-hybridized carbons (Fsp3) is 0.333. The predicted octanol–water partition coefficient (Wildman–Crippen LogP) is 2.75. The maximum absolute atomic E-state index is 12.6. The van der Waals surface area contributed by atoms with Gasteiger partial charge in [0, 0.05) is 31.7 Å². The first kappa shape index (κ1) is 18.0. The highest BCUT2D eigenvalue weighted by Gasteiger charge is 2.24. The van der Waals surface area contributed by atoms with Gasteiger partial charge in [-0.05, 0) is 31.2 Å². The predicted molar refractivity (Wildman–Crippen MR) is 100 cm³/mol. The van der Waals surface area contributed by atoms with Crippen molar-refractivity contribution in [3.63, 3.8) is 0 Å². The Kier molecular flexibility index (Phi) is 5.89. The maximum atomic E-state index is 12.6. The number of rotatable bonds is 5. The largest absolute Gasteiger partial charge is 0.493 e. The van der Waals surface area contributed by atoms with E-state index in [0.29, 0.717) is 44.8 Å². The van der Waals surface area contributed by atoms with Crippen LogP contribution in [-0.4, -0.2) is 54.4 Å². The van der Waals surface area contributed by atoms with E-state index >= 15 is 0 Å². The number of benzene rings is 2. The highest BCUT2D eigenvalue weighted by molar-refractivity contribution is 5.94. The van der Waals surface area contributed by atoms with Crippen LogP contribution in [0.4, 0.5) is 0 Å². The van der Waals surface area contributed by atoms with Gasteiger partial charge in [0.2, 0.25) is 5.91 Å². The molecule has 0 aliphatic carbocycles. The van der Waals surface area contributed by atoms with Crippen molar-refractivity contribution in [3.8, 4) is 5.75 Å². The number of carbonyl (C=O) groups is 2. The SMILES string of the molecule is Cc1cccc(C(=O)N2CCN(C(=O)CCOc3ccccc3)CC2)c1. The van der Waals surface area contributed by atoms with Crippen LogP contribution in [0.25, 0.3) is 0 Å². The van der Waals surface area contributed by atoms with Crippen molar-refractivity contribution in [2.75, 3.05) is 32.8 Å². The molecule has 0 saturated carbocycles. The second kappa shape index (κ2) is 8.52. The summed E-state index contributed by atoms with van der Waals surface area (Å²) in [4.78, 5) is 28.5. The Morgan fingerprint density at radius 2 is 1.62 bits per heavy atom. The molecule has 5 nitrogen and oxygen atoms in total. The van der Waals surface area contributed by atoms with Crippen molar-refractivity contribution in [1.82, 2.24) is 9.80 Å². The van der Waals surface area contributed by atoms with E-state index in [1.54, 1.807) is 0 Å². The van der Waals surface area contributed by atoms with Crippen molar-refractivity contribution >= 4 is 11.8 Å². The molecule has 3 rings (SSSR count). The van der Waals surface area contributed by atoms with Gasteiger partial charge in [-0.2, -0.15) is 0 Å². The Labute approximate surface area is 154 Å². The standard InChI is InChI=1S/C21H24N2O3/c1-17-6-5-7-18(16-17)21(25)23-13-11-22(12-14-23)20(24)10-15-26-19-8-3-2-4-9-19/h2-9,16H,10-15H2,1H3. The number of para-hydroxylation sites is 1. The molecular formula is C21H24N2O3. The smallest absolute Gasteiger partial charge is 0.253 e. The van der Waals surface area contributed by atoms with Crippen LogP contribution < -0.4 is 4.74 Å². The quantitative estimate of drug-likeness (QED) is 0.831. The van der Waals surface area contributed by atoms with Crippen LogP contribution in [0.3, 0.4) is 0 Å². The molecule has 2 aromatic rings. The molecule has 0 spiro atoms. The van der Waals surface area contributed by atoms with Gasteiger partial charge in [0.15, 0.2) is 0 Å². The third-order valence-electron chi connectivity index (χ3n) is 4.51. The van der Waals surface area contributed by atoms with Gasteiger partial charge in [0.05, 0.1) is 13.0 Å². The van der Waals surface area contributed by atoms with Crippen molar-refractivity contribution in [1.29, 1.82) is 0 Å². The molecule has 136 valence electrons. The van der Waals surface area contributed by atoms with E-state index in [1.165, 1.54) is 0 Å².